The number of esters is 1. The summed E-state index contributed by atoms with van der Waals surface area (Å²) in [5.74, 6) is 0.0990. The molecule has 1 amide bonds. The molecule has 122 valence electrons. The van der Waals surface area contributed by atoms with Crippen molar-refractivity contribution >= 4 is 17.8 Å². The van der Waals surface area contributed by atoms with E-state index >= 15 is 0 Å². The van der Waals surface area contributed by atoms with E-state index in [4.69, 9.17) is 9.47 Å². The maximum absolute atomic E-state index is 11.9. The Balaban J connectivity index is 1.91. The highest BCUT2D eigenvalue weighted by Gasteiger charge is 2.33. The molecule has 2 aromatic carbocycles. The summed E-state index contributed by atoms with van der Waals surface area (Å²) in [4.78, 5) is 23.0. The van der Waals surface area contributed by atoms with Gasteiger partial charge in [-0.05, 0) is 24.3 Å². The average molecular weight is 324 g/mol. The summed E-state index contributed by atoms with van der Waals surface area (Å²) in [5.41, 5.74) is 1.45. The topological polar surface area (TPSA) is 68.2 Å². The molecular formula is C18H16N2O4. The normalized spacial score (nSPS) is 16.3. The largest absolute Gasteiger partial charge is 0.446 e. The van der Waals surface area contributed by atoms with Crippen LogP contribution in [0.1, 0.15) is 31.2 Å². The minimum absolute atomic E-state index is 0.246. The fourth-order valence-electron chi connectivity index (χ4n) is 2.38. The molecular weight excluding hydrogens is 308 g/mol. The van der Waals surface area contributed by atoms with Gasteiger partial charge in [0.15, 0.2) is 0 Å². The summed E-state index contributed by atoms with van der Waals surface area (Å²) in [6.07, 6.45) is -0.701. The molecule has 2 aromatic rings. The number of hydrazone groups is 1. The van der Waals surface area contributed by atoms with Crippen LogP contribution in [-0.2, 0) is 14.3 Å². The molecule has 1 aliphatic heterocycles. The minimum atomic E-state index is -0.701. The number of ether oxygens (including phenoxy) is 2. The molecule has 0 fully saturated rings. The Bertz CT molecular complexity index is 802. The van der Waals surface area contributed by atoms with E-state index in [0.717, 1.165) is 5.56 Å². The molecule has 0 spiro atoms. The van der Waals surface area contributed by atoms with Gasteiger partial charge < -0.3 is 9.47 Å². The molecule has 1 atom stereocenters. The van der Waals surface area contributed by atoms with Gasteiger partial charge in [0.1, 0.15) is 5.75 Å². The Morgan fingerprint density at radius 2 is 1.83 bits per heavy atom. The number of hydrogen-bond acceptors (Lipinski definition) is 5. The lowest BCUT2D eigenvalue weighted by atomic mass is 10.2. The lowest BCUT2D eigenvalue weighted by molar-refractivity contribution is -0.135. The molecule has 6 heteroatoms. The van der Waals surface area contributed by atoms with Gasteiger partial charge in [-0.1, -0.05) is 30.3 Å². The molecule has 24 heavy (non-hydrogen) atoms. The van der Waals surface area contributed by atoms with Crippen molar-refractivity contribution in [2.75, 3.05) is 0 Å². The third kappa shape index (κ3) is 3.27. The first-order valence-electron chi connectivity index (χ1n) is 7.43. The van der Waals surface area contributed by atoms with Crippen molar-refractivity contribution in [1.29, 1.82) is 0 Å². The van der Waals surface area contributed by atoms with Crippen molar-refractivity contribution in [2.24, 2.45) is 5.10 Å². The van der Waals surface area contributed by atoms with Crippen LogP contribution in [0.25, 0.3) is 0 Å². The summed E-state index contributed by atoms with van der Waals surface area (Å²) >= 11 is 0. The van der Waals surface area contributed by atoms with Crippen LogP contribution >= 0.6 is 0 Å². The van der Waals surface area contributed by atoms with Gasteiger partial charge in [0.05, 0.1) is 0 Å². The molecule has 3 rings (SSSR count). The molecule has 0 aromatic heterocycles. The molecule has 0 unspecified atom stereocenters. The van der Waals surface area contributed by atoms with Gasteiger partial charge in [0.2, 0.25) is 18.0 Å². The summed E-state index contributed by atoms with van der Waals surface area (Å²) in [6.45, 7) is 2.75. The molecule has 0 bridgehead atoms. The molecule has 1 aliphatic rings. The van der Waals surface area contributed by atoms with Crippen molar-refractivity contribution in [3.63, 3.8) is 0 Å². The van der Waals surface area contributed by atoms with E-state index in [0.29, 0.717) is 17.2 Å². The van der Waals surface area contributed by atoms with E-state index in [1.165, 1.54) is 18.9 Å². The Hall–Kier alpha value is -3.15. The number of nitrogens with zero attached hydrogens (tertiary/aromatic N) is 2. The highest BCUT2D eigenvalue weighted by Crippen LogP contribution is 2.31. The molecule has 6 nitrogen and oxygen atoms in total. The van der Waals surface area contributed by atoms with Gasteiger partial charge in [-0.25, -0.2) is 0 Å². The van der Waals surface area contributed by atoms with Gasteiger partial charge in [-0.15, -0.1) is 5.10 Å². The predicted molar refractivity (Wildman–Crippen MR) is 87.1 cm³/mol. The molecule has 0 N–H and O–H groups in total. The quantitative estimate of drug-likeness (QED) is 0.643. The number of carbonyl (C=O) groups is 2. The fourth-order valence-corrected chi connectivity index (χ4v) is 2.38. The average Bonchev–Trinajstić information content (AvgIpc) is 3.01. The third-order valence-corrected chi connectivity index (χ3v) is 3.39. The second kappa shape index (κ2) is 6.54. The smallest absolute Gasteiger partial charge is 0.308 e. The molecule has 0 saturated carbocycles. The highest BCUT2D eigenvalue weighted by molar-refractivity contribution is 5.96. The van der Waals surface area contributed by atoms with Crippen LogP contribution in [0, 0.1) is 0 Å². The van der Waals surface area contributed by atoms with Gasteiger partial charge >= 0.3 is 5.97 Å². The van der Waals surface area contributed by atoms with Crippen molar-refractivity contribution in [2.45, 2.75) is 20.1 Å². The monoisotopic (exact) mass is 324 g/mol. The Labute approximate surface area is 139 Å². The summed E-state index contributed by atoms with van der Waals surface area (Å²) < 4.78 is 11.0. The number of rotatable bonds is 3. The van der Waals surface area contributed by atoms with Crippen LogP contribution < -0.4 is 4.74 Å². The molecule has 1 heterocycles. The van der Waals surface area contributed by atoms with E-state index in [9.17, 15) is 9.59 Å². The maximum Gasteiger partial charge on any atom is 0.308 e. The Morgan fingerprint density at radius 3 is 2.50 bits per heavy atom. The van der Waals surface area contributed by atoms with E-state index in [1.807, 2.05) is 30.3 Å². The van der Waals surface area contributed by atoms with Crippen LogP contribution in [0.2, 0.25) is 0 Å². The van der Waals surface area contributed by atoms with Crippen molar-refractivity contribution in [1.82, 2.24) is 5.01 Å². The zero-order valence-electron chi connectivity index (χ0n) is 13.3. The Morgan fingerprint density at radius 1 is 1.08 bits per heavy atom. The third-order valence-electron chi connectivity index (χ3n) is 3.39. The second-order valence-electron chi connectivity index (χ2n) is 5.27. The number of hydrogen-bond donors (Lipinski definition) is 0. The zero-order chi connectivity index (χ0) is 17.1. The minimum Gasteiger partial charge on any atom is -0.446 e. The fraction of sp³-hybridized carbons (Fsp3) is 0.167. The van der Waals surface area contributed by atoms with Crippen molar-refractivity contribution < 1.29 is 19.1 Å². The predicted octanol–water partition coefficient (Wildman–Crippen LogP) is 2.85. The van der Waals surface area contributed by atoms with Crippen LogP contribution in [0.4, 0.5) is 0 Å². The SMILES string of the molecule is CC(=O)Oc1cccc([C@@H]2OC(c3ccccc3)=NN2C(C)=O)c1. The number of amides is 1. The van der Waals surface area contributed by atoms with Crippen LogP contribution in [-0.4, -0.2) is 22.8 Å². The number of carbonyl (C=O) groups excluding carboxylic acids is 2. The molecule has 0 saturated heterocycles. The second-order valence-corrected chi connectivity index (χ2v) is 5.27. The number of benzene rings is 2. The van der Waals surface area contributed by atoms with Gasteiger partial charge in [0.25, 0.3) is 0 Å². The zero-order valence-corrected chi connectivity index (χ0v) is 13.3. The van der Waals surface area contributed by atoms with Gasteiger partial charge in [0, 0.05) is 25.0 Å². The van der Waals surface area contributed by atoms with E-state index in [1.54, 1.807) is 24.3 Å². The molecule has 0 aliphatic carbocycles. The lowest BCUT2D eigenvalue weighted by Gasteiger charge is -2.19. The highest BCUT2D eigenvalue weighted by atomic mass is 16.5. The van der Waals surface area contributed by atoms with Crippen LogP contribution in [0.3, 0.4) is 0 Å². The first kappa shape index (κ1) is 15.7. The summed E-state index contributed by atoms with van der Waals surface area (Å²) in [5, 5.41) is 5.55. The van der Waals surface area contributed by atoms with Gasteiger partial charge in [-0.2, -0.15) is 5.01 Å². The summed E-state index contributed by atoms with van der Waals surface area (Å²) in [7, 11) is 0. The van der Waals surface area contributed by atoms with E-state index < -0.39 is 12.2 Å². The van der Waals surface area contributed by atoms with Crippen molar-refractivity contribution in [3.8, 4) is 5.75 Å². The van der Waals surface area contributed by atoms with E-state index in [-0.39, 0.29) is 5.91 Å². The molecule has 0 radical (unpaired) electrons. The first-order valence-corrected chi connectivity index (χ1v) is 7.43. The Kier molecular flexibility index (Phi) is 4.29. The van der Waals surface area contributed by atoms with Crippen LogP contribution in [0.15, 0.2) is 59.7 Å². The van der Waals surface area contributed by atoms with Gasteiger partial charge in [-0.3, -0.25) is 9.59 Å². The maximum atomic E-state index is 11.9. The lowest BCUT2D eigenvalue weighted by Crippen LogP contribution is -2.25. The summed E-state index contributed by atoms with van der Waals surface area (Å²) in [6, 6.07) is 16.2. The first-order chi connectivity index (χ1) is 11.5. The standard InChI is InChI=1S/C18H16N2O4/c1-12(21)20-18(15-9-6-10-16(11-15)23-13(2)22)24-17(19-20)14-7-4-3-5-8-14/h3-11,18H,1-2H3/t18-/m0/s1. The van der Waals surface area contributed by atoms with Crippen molar-refractivity contribution in [3.05, 3.63) is 65.7 Å². The van der Waals surface area contributed by atoms with Crippen LogP contribution in [0.5, 0.6) is 5.75 Å². The van der Waals surface area contributed by atoms with E-state index in [2.05, 4.69) is 5.10 Å².